The summed E-state index contributed by atoms with van der Waals surface area (Å²) in [5.41, 5.74) is -0.707. The molecule has 0 spiro atoms. The summed E-state index contributed by atoms with van der Waals surface area (Å²) in [4.78, 5) is 14.9. The first-order chi connectivity index (χ1) is 8.47. The van der Waals surface area contributed by atoms with Crippen molar-refractivity contribution in [2.75, 3.05) is 11.9 Å². The zero-order valence-electron chi connectivity index (χ0n) is 9.42. The van der Waals surface area contributed by atoms with E-state index < -0.39 is 11.9 Å². The van der Waals surface area contributed by atoms with Crippen LogP contribution in [0.2, 0.25) is 0 Å². The van der Waals surface area contributed by atoms with Crippen LogP contribution in [-0.4, -0.2) is 23.5 Å². The van der Waals surface area contributed by atoms with Gasteiger partial charge in [-0.3, -0.25) is 4.79 Å². The van der Waals surface area contributed by atoms with Gasteiger partial charge in [0.15, 0.2) is 0 Å². The molecule has 0 unspecified atom stereocenters. The van der Waals surface area contributed by atoms with Gasteiger partial charge in [-0.2, -0.15) is 13.2 Å². The van der Waals surface area contributed by atoms with Gasteiger partial charge in [-0.1, -0.05) is 0 Å². The number of hydrogen-bond acceptors (Lipinski definition) is 3. The molecule has 0 saturated carbocycles. The molecule has 1 aromatic heterocycles. The summed E-state index contributed by atoms with van der Waals surface area (Å²) in [5.74, 6) is -0.242. The van der Waals surface area contributed by atoms with Crippen LogP contribution in [-0.2, 0) is 11.0 Å². The minimum atomic E-state index is -4.46. The Morgan fingerprint density at radius 1 is 1.44 bits per heavy atom. The molecule has 1 aliphatic heterocycles. The number of aromatic nitrogens is 1. The monoisotopic (exact) mass is 259 g/mol. The zero-order valence-corrected chi connectivity index (χ0v) is 9.42. The van der Waals surface area contributed by atoms with E-state index in [0.29, 0.717) is 0 Å². The van der Waals surface area contributed by atoms with E-state index in [0.717, 1.165) is 31.6 Å². The van der Waals surface area contributed by atoms with E-state index in [1.807, 2.05) is 0 Å². The van der Waals surface area contributed by atoms with Crippen LogP contribution in [0.3, 0.4) is 0 Å². The third-order valence-corrected chi connectivity index (χ3v) is 2.70. The molecule has 1 saturated heterocycles. The van der Waals surface area contributed by atoms with E-state index in [1.165, 1.54) is 6.07 Å². The number of amides is 1. The number of carbonyl (C=O) groups excluding carboxylic acids is 1. The highest BCUT2D eigenvalue weighted by Gasteiger charge is 2.32. The Hall–Kier alpha value is -1.63. The van der Waals surface area contributed by atoms with Crippen LogP contribution in [0.25, 0.3) is 0 Å². The highest BCUT2D eigenvalue weighted by molar-refractivity contribution is 5.94. The maximum Gasteiger partial charge on any atom is 0.433 e. The largest absolute Gasteiger partial charge is 0.433 e. The first-order valence-electron chi connectivity index (χ1n) is 5.54. The fourth-order valence-corrected chi connectivity index (χ4v) is 1.77. The van der Waals surface area contributed by atoms with Crippen molar-refractivity contribution in [2.24, 2.45) is 0 Å². The molecular formula is C11H12F3N3O. The minimum absolute atomic E-state index is 0.242. The van der Waals surface area contributed by atoms with Crippen molar-refractivity contribution in [1.29, 1.82) is 0 Å². The lowest BCUT2D eigenvalue weighted by Gasteiger charge is -2.11. The quantitative estimate of drug-likeness (QED) is 0.851. The average molecular weight is 259 g/mol. The average Bonchev–Trinajstić information content (AvgIpc) is 2.82. The molecule has 1 amide bonds. The van der Waals surface area contributed by atoms with E-state index in [1.54, 1.807) is 0 Å². The zero-order chi connectivity index (χ0) is 13.2. The second-order valence-corrected chi connectivity index (χ2v) is 4.07. The van der Waals surface area contributed by atoms with Crippen LogP contribution in [0, 0.1) is 0 Å². The fourth-order valence-electron chi connectivity index (χ4n) is 1.77. The third-order valence-electron chi connectivity index (χ3n) is 2.70. The van der Waals surface area contributed by atoms with Crippen LogP contribution in [0.5, 0.6) is 0 Å². The first-order valence-corrected chi connectivity index (χ1v) is 5.54. The summed E-state index contributed by atoms with van der Waals surface area (Å²) < 4.78 is 36.8. The van der Waals surface area contributed by atoms with Gasteiger partial charge in [0.25, 0.3) is 0 Å². The van der Waals surface area contributed by atoms with Crippen molar-refractivity contribution in [1.82, 2.24) is 10.3 Å². The topological polar surface area (TPSA) is 54.0 Å². The molecule has 1 aliphatic rings. The lowest BCUT2D eigenvalue weighted by molar-refractivity contribution is -0.141. The van der Waals surface area contributed by atoms with Crippen LogP contribution >= 0.6 is 0 Å². The summed E-state index contributed by atoms with van der Waals surface area (Å²) in [5, 5.41) is 5.53. The van der Waals surface area contributed by atoms with Crippen molar-refractivity contribution in [3.05, 3.63) is 24.0 Å². The van der Waals surface area contributed by atoms with Gasteiger partial charge in [0.05, 0.1) is 17.9 Å². The molecule has 7 heteroatoms. The highest BCUT2D eigenvalue weighted by atomic mass is 19.4. The summed E-state index contributed by atoms with van der Waals surface area (Å²) in [6.07, 6.45) is -1.80. The number of pyridine rings is 1. The van der Waals surface area contributed by atoms with Gasteiger partial charge >= 0.3 is 6.18 Å². The maximum absolute atomic E-state index is 12.3. The van der Waals surface area contributed by atoms with Crippen molar-refractivity contribution in [2.45, 2.75) is 25.1 Å². The van der Waals surface area contributed by atoms with Gasteiger partial charge in [-0.15, -0.1) is 0 Å². The van der Waals surface area contributed by atoms with Crippen LogP contribution in [0.15, 0.2) is 18.3 Å². The number of rotatable bonds is 2. The van der Waals surface area contributed by atoms with Crippen LogP contribution < -0.4 is 10.6 Å². The lowest BCUT2D eigenvalue weighted by Crippen LogP contribution is -2.35. The molecule has 2 heterocycles. The predicted molar refractivity (Wildman–Crippen MR) is 58.9 cm³/mol. The van der Waals surface area contributed by atoms with Crippen molar-refractivity contribution >= 4 is 11.6 Å². The van der Waals surface area contributed by atoms with E-state index in [2.05, 4.69) is 15.6 Å². The van der Waals surface area contributed by atoms with Gasteiger partial charge in [-0.25, -0.2) is 4.98 Å². The molecule has 1 atom stereocenters. The number of nitrogens with zero attached hydrogens (tertiary/aromatic N) is 1. The van der Waals surface area contributed by atoms with Gasteiger partial charge in [0.1, 0.15) is 5.69 Å². The number of anilines is 1. The van der Waals surface area contributed by atoms with E-state index in [9.17, 15) is 18.0 Å². The Bertz CT molecular complexity index is 424. The first kappa shape index (κ1) is 12.8. The molecule has 2 N–H and O–H groups in total. The smallest absolute Gasteiger partial charge is 0.323 e. The maximum atomic E-state index is 12.3. The summed E-state index contributed by atoms with van der Waals surface area (Å²) >= 11 is 0. The molecule has 0 aromatic carbocycles. The molecule has 18 heavy (non-hydrogen) atoms. The fraction of sp³-hybridized carbons (Fsp3) is 0.455. The molecule has 4 nitrogen and oxygen atoms in total. The number of halogens is 3. The Morgan fingerprint density at radius 3 is 2.72 bits per heavy atom. The molecule has 1 aromatic rings. The van der Waals surface area contributed by atoms with Crippen LogP contribution in [0.4, 0.5) is 18.9 Å². The number of alkyl halides is 3. The van der Waals surface area contributed by atoms with Gasteiger partial charge in [-0.05, 0) is 31.5 Å². The SMILES string of the molecule is O=C(Nc1ccc(C(F)(F)F)nc1)[C@@H]1CCCN1. The molecule has 1 fully saturated rings. The van der Waals surface area contributed by atoms with Crippen molar-refractivity contribution in [3.63, 3.8) is 0 Å². The van der Waals surface area contributed by atoms with Gasteiger partial charge < -0.3 is 10.6 Å². The molecule has 2 rings (SSSR count). The third kappa shape index (κ3) is 2.98. The van der Waals surface area contributed by atoms with E-state index >= 15 is 0 Å². The molecule has 0 bridgehead atoms. The normalized spacial score (nSPS) is 19.8. The summed E-state index contributed by atoms with van der Waals surface area (Å²) in [6, 6.07) is 1.77. The number of hydrogen-bond donors (Lipinski definition) is 2. The Labute approximate surface area is 102 Å². The number of carbonyl (C=O) groups is 1. The minimum Gasteiger partial charge on any atom is -0.323 e. The standard InChI is InChI=1S/C11H12F3N3O/c12-11(13,14)9-4-3-7(6-16-9)17-10(18)8-2-1-5-15-8/h3-4,6,8,15H,1-2,5H2,(H,17,18)/t8-/m0/s1. The molecule has 0 aliphatic carbocycles. The Balaban J connectivity index is 2.00. The number of nitrogens with one attached hydrogen (secondary N) is 2. The van der Waals surface area contributed by atoms with Crippen molar-refractivity contribution < 1.29 is 18.0 Å². The molecular weight excluding hydrogens is 247 g/mol. The van der Waals surface area contributed by atoms with Crippen molar-refractivity contribution in [3.8, 4) is 0 Å². The lowest BCUT2D eigenvalue weighted by atomic mass is 10.2. The van der Waals surface area contributed by atoms with E-state index in [-0.39, 0.29) is 17.6 Å². The second-order valence-electron chi connectivity index (χ2n) is 4.07. The highest BCUT2D eigenvalue weighted by Crippen LogP contribution is 2.27. The summed E-state index contributed by atoms with van der Waals surface area (Å²) in [7, 11) is 0. The molecule has 0 radical (unpaired) electrons. The molecule has 98 valence electrons. The Morgan fingerprint density at radius 2 is 2.22 bits per heavy atom. The second kappa shape index (κ2) is 4.93. The van der Waals surface area contributed by atoms with Crippen LogP contribution in [0.1, 0.15) is 18.5 Å². The predicted octanol–water partition coefficient (Wildman–Crippen LogP) is 1.79. The Kier molecular flexibility index (Phi) is 3.51. The van der Waals surface area contributed by atoms with Gasteiger partial charge in [0.2, 0.25) is 5.91 Å². The van der Waals surface area contributed by atoms with E-state index in [4.69, 9.17) is 0 Å². The summed E-state index contributed by atoms with van der Waals surface area (Å²) in [6.45, 7) is 0.781. The van der Waals surface area contributed by atoms with Gasteiger partial charge in [0, 0.05) is 0 Å².